The molecule has 1 aliphatic rings. The van der Waals surface area contributed by atoms with Crippen molar-refractivity contribution in [2.24, 2.45) is 5.73 Å². The average molecular weight is 377 g/mol. The lowest BCUT2D eigenvalue weighted by atomic mass is 9.99. The molecule has 0 saturated heterocycles. The highest BCUT2D eigenvalue weighted by Gasteiger charge is 2.36. The molecule has 0 spiro atoms. The second-order valence-electron chi connectivity index (χ2n) is 6.23. The maximum Gasteiger partial charge on any atom is 0.269 e. The Bertz CT molecular complexity index is 914. The first-order chi connectivity index (χ1) is 12.0. The van der Waals surface area contributed by atoms with Crippen molar-refractivity contribution in [2.45, 2.75) is 31.2 Å². The Morgan fingerprint density at radius 2 is 1.92 bits per heavy atom. The molecule has 4 rings (SSSR count). The molecule has 2 aromatic heterocycles. The Hall–Kier alpha value is -2.78. The zero-order valence-corrected chi connectivity index (χ0v) is 14.6. The third-order valence-corrected chi connectivity index (χ3v) is 4.52. The molecular formula is C16H17ClN6O3. The lowest BCUT2D eigenvalue weighted by Crippen LogP contribution is -2.34. The number of benzene rings is 1. The van der Waals surface area contributed by atoms with Gasteiger partial charge in [0.1, 0.15) is 0 Å². The van der Waals surface area contributed by atoms with Gasteiger partial charge in [-0.05, 0) is 25.0 Å². The van der Waals surface area contributed by atoms with E-state index in [2.05, 4.69) is 15.2 Å². The molecule has 0 radical (unpaired) electrons. The van der Waals surface area contributed by atoms with Crippen molar-refractivity contribution >= 4 is 18.1 Å². The summed E-state index contributed by atoms with van der Waals surface area (Å²) in [6.07, 6.45) is 7.19. The molecule has 1 aliphatic carbocycles. The Balaban J connectivity index is 0.00000196. The van der Waals surface area contributed by atoms with Gasteiger partial charge in [0.15, 0.2) is 5.82 Å². The van der Waals surface area contributed by atoms with E-state index in [0.717, 1.165) is 25.7 Å². The van der Waals surface area contributed by atoms with Gasteiger partial charge in [0.2, 0.25) is 0 Å². The number of hydrogen-bond donors (Lipinski definition) is 1. The second-order valence-corrected chi connectivity index (χ2v) is 6.23. The van der Waals surface area contributed by atoms with E-state index in [1.165, 1.54) is 12.1 Å². The van der Waals surface area contributed by atoms with Gasteiger partial charge in [0.05, 0.1) is 27.9 Å². The monoisotopic (exact) mass is 376 g/mol. The highest BCUT2D eigenvalue weighted by atomic mass is 35.5. The zero-order valence-electron chi connectivity index (χ0n) is 13.7. The van der Waals surface area contributed by atoms with Crippen LogP contribution in [-0.4, -0.2) is 24.8 Å². The SMILES string of the molecule is Cl.NC1(c2noc(-c3cnn(-c4ccc([N+](=O)[O-])cc4)c3)n2)CCCC1. The summed E-state index contributed by atoms with van der Waals surface area (Å²) in [5.41, 5.74) is 7.23. The third-order valence-electron chi connectivity index (χ3n) is 4.52. The fourth-order valence-electron chi connectivity index (χ4n) is 3.07. The summed E-state index contributed by atoms with van der Waals surface area (Å²) in [4.78, 5) is 14.7. The number of aromatic nitrogens is 4. The Morgan fingerprint density at radius 3 is 2.58 bits per heavy atom. The van der Waals surface area contributed by atoms with Crippen molar-refractivity contribution in [2.75, 3.05) is 0 Å². The van der Waals surface area contributed by atoms with Crippen LogP contribution >= 0.6 is 12.4 Å². The molecule has 0 unspecified atom stereocenters. The summed E-state index contributed by atoms with van der Waals surface area (Å²) in [5, 5.41) is 19.0. The van der Waals surface area contributed by atoms with Gasteiger partial charge in [-0.1, -0.05) is 18.0 Å². The minimum Gasteiger partial charge on any atom is -0.334 e. The van der Waals surface area contributed by atoms with Crippen LogP contribution in [0.2, 0.25) is 0 Å². The van der Waals surface area contributed by atoms with E-state index in [-0.39, 0.29) is 18.1 Å². The van der Waals surface area contributed by atoms with Crippen LogP contribution in [0.1, 0.15) is 31.5 Å². The zero-order chi connectivity index (χ0) is 17.4. The van der Waals surface area contributed by atoms with Crippen LogP contribution in [0.15, 0.2) is 41.2 Å². The van der Waals surface area contributed by atoms with Gasteiger partial charge in [-0.15, -0.1) is 12.4 Å². The molecule has 0 amide bonds. The van der Waals surface area contributed by atoms with E-state index in [9.17, 15) is 10.1 Å². The lowest BCUT2D eigenvalue weighted by Gasteiger charge is -2.17. The predicted molar refractivity (Wildman–Crippen MR) is 95.1 cm³/mol. The summed E-state index contributed by atoms with van der Waals surface area (Å²) in [6.45, 7) is 0. The van der Waals surface area contributed by atoms with Crippen molar-refractivity contribution in [1.82, 2.24) is 19.9 Å². The summed E-state index contributed by atoms with van der Waals surface area (Å²) >= 11 is 0. The second kappa shape index (κ2) is 6.85. The van der Waals surface area contributed by atoms with E-state index in [1.54, 1.807) is 29.2 Å². The maximum absolute atomic E-state index is 10.7. The molecule has 0 bridgehead atoms. The molecular weight excluding hydrogens is 360 g/mol. The number of non-ortho nitro benzene ring substituents is 1. The molecule has 0 atom stereocenters. The van der Waals surface area contributed by atoms with Gasteiger partial charge >= 0.3 is 0 Å². The van der Waals surface area contributed by atoms with E-state index in [0.29, 0.717) is 23.0 Å². The minimum absolute atomic E-state index is 0. The van der Waals surface area contributed by atoms with E-state index in [1.807, 2.05) is 0 Å². The van der Waals surface area contributed by atoms with Crippen LogP contribution in [-0.2, 0) is 5.54 Å². The van der Waals surface area contributed by atoms with Crippen molar-refractivity contribution in [3.63, 3.8) is 0 Å². The van der Waals surface area contributed by atoms with Gasteiger partial charge in [-0.2, -0.15) is 10.1 Å². The molecule has 26 heavy (non-hydrogen) atoms. The fourth-order valence-corrected chi connectivity index (χ4v) is 3.07. The number of halogens is 1. The van der Waals surface area contributed by atoms with Crippen molar-refractivity contribution < 1.29 is 9.45 Å². The maximum atomic E-state index is 10.7. The summed E-state index contributed by atoms with van der Waals surface area (Å²) in [7, 11) is 0. The molecule has 10 heteroatoms. The van der Waals surface area contributed by atoms with Gasteiger partial charge < -0.3 is 10.3 Å². The molecule has 0 aliphatic heterocycles. The number of nitro groups is 1. The van der Waals surface area contributed by atoms with Crippen LogP contribution in [0.25, 0.3) is 17.1 Å². The molecule has 9 nitrogen and oxygen atoms in total. The topological polar surface area (TPSA) is 126 Å². The lowest BCUT2D eigenvalue weighted by molar-refractivity contribution is -0.384. The first-order valence-electron chi connectivity index (χ1n) is 7.98. The van der Waals surface area contributed by atoms with Gasteiger partial charge in [-0.3, -0.25) is 10.1 Å². The molecule has 136 valence electrons. The van der Waals surface area contributed by atoms with E-state index >= 15 is 0 Å². The highest BCUT2D eigenvalue weighted by Crippen LogP contribution is 2.35. The Kier molecular flexibility index (Phi) is 4.75. The normalized spacial score (nSPS) is 15.6. The third kappa shape index (κ3) is 3.18. The Labute approximate surface area is 154 Å². The quantitative estimate of drug-likeness (QED) is 0.547. The number of nitrogens with zero attached hydrogens (tertiary/aromatic N) is 5. The smallest absolute Gasteiger partial charge is 0.269 e. The molecule has 1 aromatic carbocycles. The van der Waals surface area contributed by atoms with Crippen molar-refractivity contribution in [3.8, 4) is 17.1 Å². The predicted octanol–water partition coefficient (Wildman–Crippen LogP) is 2.98. The first kappa shape index (κ1) is 18.0. The van der Waals surface area contributed by atoms with Gasteiger partial charge in [0.25, 0.3) is 11.6 Å². The van der Waals surface area contributed by atoms with Crippen LogP contribution in [0.5, 0.6) is 0 Å². The van der Waals surface area contributed by atoms with Gasteiger partial charge in [-0.25, -0.2) is 4.68 Å². The number of nitrogens with two attached hydrogens (primary N) is 1. The molecule has 3 aromatic rings. The first-order valence-corrected chi connectivity index (χ1v) is 7.98. The van der Waals surface area contributed by atoms with Gasteiger partial charge in [0, 0.05) is 18.3 Å². The molecule has 1 fully saturated rings. The van der Waals surface area contributed by atoms with E-state index in [4.69, 9.17) is 10.3 Å². The van der Waals surface area contributed by atoms with E-state index < -0.39 is 10.5 Å². The number of hydrogen-bond acceptors (Lipinski definition) is 7. The highest BCUT2D eigenvalue weighted by molar-refractivity contribution is 5.85. The number of rotatable bonds is 4. The molecule has 1 saturated carbocycles. The summed E-state index contributed by atoms with van der Waals surface area (Å²) in [5.74, 6) is 0.892. The Morgan fingerprint density at radius 1 is 1.23 bits per heavy atom. The standard InChI is InChI=1S/C16H16N6O3.ClH/c17-16(7-1-2-8-16)15-19-14(25-20-15)11-9-18-21(10-11)12-3-5-13(6-4-12)22(23)24;/h3-6,9-10H,1-2,7-8,17H2;1H. The van der Waals surface area contributed by atoms with Crippen molar-refractivity contribution in [3.05, 3.63) is 52.6 Å². The summed E-state index contributed by atoms with van der Waals surface area (Å²) < 4.78 is 6.94. The number of nitro benzene ring substituents is 1. The fraction of sp³-hybridized carbons (Fsp3) is 0.312. The van der Waals surface area contributed by atoms with Crippen LogP contribution in [0.3, 0.4) is 0 Å². The van der Waals surface area contributed by atoms with Crippen molar-refractivity contribution in [1.29, 1.82) is 0 Å². The molecule has 2 N–H and O–H groups in total. The van der Waals surface area contributed by atoms with Crippen LogP contribution in [0.4, 0.5) is 5.69 Å². The minimum atomic E-state index is -0.504. The molecule has 2 heterocycles. The van der Waals surface area contributed by atoms with Crippen LogP contribution < -0.4 is 5.73 Å². The summed E-state index contributed by atoms with van der Waals surface area (Å²) in [6, 6.07) is 6.11. The average Bonchev–Trinajstić information content (AvgIpc) is 3.35. The largest absolute Gasteiger partial charge is 0.334 e. The van der Waals surface area contributed by atoms with Crippen LogP contribution in [0, 0.1) is 10.1 Å².